The molecule has 0 unspecified atom stereocenters. The first-order valence-corrected chi connectivity index (χ1v) is 5.56. The molecule has 0 fully saturated rings. The Morgan fingerprint density at radius 2 is 2.12 bits per heavy atom. The van der Waals surface area contributed by atoms with Crippen LogP contribution in [0.3, 0.4) is 0 Å². The van der Waals surface area contributed by atoms with Crippen LogP contribution in [0.1, 0.15) is 0 Å². The summed E-state index contributed by atoms with van der Waals surface area (Å²) >= 11 is 4.93. The molecule has 5 heteroatoms. The maximum Gasteiger partial charge on any atom is 0.261 e. The predicted molar refractivity (Wildman–Crippen MR) is 68.8 cm³/mol. The number of fused-ring (bicyclic) bond motifs is 2. The van der Waals surface area contributed by atoms with Crippen LogP contribution in [0, 0.1) is 4.77 Å². The molecule has 0 atom stereocenters. The minimum atomic E-state index is -0.193. The number of aromatic amines is 1. The lowest BCUT2D eigenvalue weighted by molar-refractivity contribution is 0.900. The lowest BCUT2D eigenvalue weighted by Gasteiger charge is -2.12. The van der Waals surface area contributed by atoms with Crippen molar-refractivity contribution < 1.29 is 0 Å². The fourth-order valence-corrected chi connectivity index (χ4v) is 2.20. The van der Waals surface area contributed by atoms with Gasteiger partial charge in [0, 0.05) is 12.6 Å². The molecule has 17 heavy (non-hydrogen) atoms. The van der Waals surface area contributed by atoms with E-state index in [1.807, 2.05) is 41.9 Å². The van der Waals surface area contributed by atoms with Crippen LogP contribution in [0.4, 0.5) is 0 Å². The number of aromatic nitrogens is 3. The smallest absolute Gasteiger partial charge is 0.261 e. The molecule has 0 saturated heterocycles. The highest BCUT2D eigenvalue weighted by molar-refractivity contribution is 7.71. The standard InChI is InChI=1S/C12H9N3OS/c1-15-9-5-3-2-4-7(9)6-8-10(15)13-12(17)14-11(8)16/h2-6H,1H3,(H,14,16,17). The van der Waals surface area contributed by atoms with E-state index in [1.165, 1.54) is 0 Å². The Balaban J connectivity index is 2.64. The van der Waals surface area contributed by atoms with Crippen LogP contribution >= 0.6 is 12.2 Å². The van der Waals surface area contributed by atoms with Gasteiger partial charge in [0.2, 0.25) is 4.77 Å². The van der Waals surface area contributed by atoms with Crippen LogP contribution in [-0.2, 0) is 7.05 Å². The van der Waals surface area contributed by atoms with Crippen molar-refractivity contribution in [1.29, 1.82) is 0 Å². The molecule has 0 spiro atoms. The largest absolute Gasteiger partial charge is 0.328 e. The van der Waals surface area contributed by atoms with E-state index in [4.69, 9.17) is 12.2 Å². The quantitative estimate of drug-likeness (QED) is 0.486. The number of nitrogens with one attached hydrogen (secondary N) is 1. The van der Waals surface area contributed by atoms with E-state index in [0.29, 0.717) is 11.4 Å². The molecule has 0 aliphatic carbocycles. The van der Waals surface area contributed by atoms with Crippen molar-refractivity contribution in [2.45, 2.75) is 0 Å². The summed E-state index contributed by atoms with van der Waals surface area (Å²) < 4.78 is 2.10. The van der Waals surface area contributed by atoms with Gasteiger partial charge in [-0.3, -0.25) is 9.78 Å². The van der Waals surface area contributed by atoms with Crippen LogP contribution in [0.15, 0.2) is 35.1 Å². The van der Waals surface area contributed by atoms with Crippen molar-refractivity contribution in [3.63, 3.8) is 0 Å². The SMILES string of the molecule is Cn1c2nc(=S)[nH]c(=O)c-2cc2ccccc21. The number of rotatable bonds is 0. The highest BCUT2D eigenvalue weighted by Gasteiger charge is 2.13. The molecule has 3 rings (SSSR count). The van der Waals surface area contributed by atoms with Crippen LogP contribution in [0.5, 0.6) is 0 Å². The van der Waals surface area contributed by atoms with Crippen molar-refractivity contribution in [1.82, 2.24) is 14.5 Å². The first-order chi connectivity index (χ1) is 8.16. The minimum absolute atomic E-state index is 0.193. The second kappa shape index (κ2) is 3.49. The Labute approximate surface area is 102 Å². The van der Waals surface area contributed by atoms with Gasteiger partial charge in [-0.2, -0.15) is 0 Å². The summed E-state index contributed by atoms with van der Waals surface area (Å²) in [6.07, 6.45) is 0. The molecule has 2 aliphatic heterocycles. The molecule has 2 heterocycles. The summed E-state index contributed by atoms with van der Waals surface area (Å²) in [6.45, 7) is 0. The van der Waals surface area contributed by atoms with E-state index in [9.17, 15) is 4.79 Å². The zero-order chi connectivity index (χ0) is 12.0. The Bertz CT molecular complexity index is 803. The van der Waals surface area contributed by atoms with Gasteiger partial charge in [-0.15, -0.1) is 0 Å². The normalized spacial score (nSPS) is 11.1. The van der Waals surface area contributed by atoms with Gasteiger partial charge in [0.25, 0.3) is 5.56 Å². The topological polar surface area (TPSA) is 50.7 Å². The molecule has 0 bridgehead atoms. The lowest BCUT2D eigenvalue weighted by Crippen LogP contribution is -2.16. The van der Waals surface area contributed by atoms with E-state index in [0.717, 1.165) is 10.9 Å². The van der Waals surface area contributed by atoms with Gasteiger partial charge >= 0.3 is 0 Å². The van der Waals surface area contributed by atoms with E-state index in [2.05, 4.69) is 9.97 Å². The fraction of sp³-hybridized carbons (Fsp3) is 0.0833. The minimum Gasteiger partial charge on any atom is -0.328 e. The number of para-hydroxylation sites is 1. The summed E-state index contributed by atoms with van der Waals surface area (Å²) in [5, 5.41) is 1.01. The molecule has 2 aliphatic rings. The van der Waals surface area contributed by atoms with Crippen LogP contribution in [-0.4, -0.2) is 14.5 Å². The second-order valence-corrected chi connectivity index (χ2v) is 4.26. The summed E-state index contributed by atoms with van der Waals surface area (Å²) in [6, 6.07) is 9.69. The van der Waals surface area contributed by atoms with Gasteiger partial charge in [0.05, 0.1) is 5.56 Å². The maximum atomic E-state index is 11.8. The highest BCUT2D eigenvalue weighted by Crippen LogP contribution is 2.22. The Kier molecular flexibility index (Phi) is 2.09. The van der Waals surface area contributed by atoms with Gasteiger partial charge in [-0.25, -0.2) is 4.98 Å². The van der Waals surface area contributed by atoms with Crippen LogP contribution in [0.2, 0.25) is 0 Å². The van der Waals surface area contributed by atoms with Gasteiger partial charge < -0.3 is 4.57 Å². The molecule has 84 valence electrons. The third kappa shape index (κ3) is 1.47. The number of pyridine rings is 1. The zero-order valence-electron chi connectivity index (χ0n) is 9.10. The van der Waals surface area contributed by atoms with Crippen molar-refractivity contribution in [2.24, 2.45) is 7.05 Å². The third-order valence-corrected chi connectivity index (χ3v) is 3.02. The van der Waals surface area contributed by atoms with Gasteiger partial charge in [-0.05, 0) is 29.7 Å². The number of benzene rings is 1. The van der Waals surface area contributed by atoms with Crippen LogP contribution < -0.4 is 5.56 Å². The molecule has 1 N–H and O–H groups in total. The van der Waals surface area contributed by atoms with Crippen LogP contribution in [0.25, 0.3) is 22.3 Å². The number of H-pyrrole nitrogens is 1. The Morgan fingerprint density at radius 3 is 2.94 bits per heavy atom. The highest BCUT2D eigenvalue weighted by atomic mass is 32.1. The van der Waals surface area contributed by atoms with Gasteiger partial charge in [0.1, 0.15) is 5.82 Å². The van der Waals surface area contributed by atoms with E-state index in [1.54, 1.807) is 0 Å². The predicted octanol–water partition coefficient (Wildman–Crippen LogP) is 2.10. The first kappa shape index (κ1) is 10.2. The maximum absolute atomic E-state index is 11.8. The van der Waals surface area contributed by atoms with Crippen molar-refractivity contribution in [3.05, 3.63) is 45.5 Å². The van der Waals surface area contributed by atoms with E-state index in [-0.39, 0.29) is 10.3 Å². The molecule has 0 amide bonds. The van der Waals surface area contributed by atoms with E-state index >= 15 is 0 Å². The number of hydrogen-bond donors (Lipinski definition) is 1. The molecular weight excluding hydrogens is 234 g/mol. The van der Waals surface area contributed by atoms with Crippen molar-refractivity contribution in [3.8, 4) is 11.4 Å². The number of aryl methyl sites for hydroxylation is 1. The first-order valence-electron chi connectivity index (χ1n) is 5.15. The average Bonchev–Trinajstić information content (AvgIpc) is 2.31. The Hall–Kier alpha value is -2.01. The fourth-order valence-electron chi connectivity index (χ4n) is 2.02. The molecule has 0 aromatic heterocycles. The summed E-state index contributed by atoms with van der Waals surface area (Å²) in [7, 11) is 1.88. The summed E-state index contributed by atoms with van der Waals surface area (Å²) in [5.74, 6) is 0.609. The van der Waals surface area contributed by atoms with E-state index < -0.39 is 0 Å². The van der Waals surface area contributed by atoms with Gasteiger partial charge in [-0.1, -0.05) is 18.2 Å². The zero-order valence-corrected chi connectivity index (χ0v) is 9.91. The molecule has 0 saturated carbocycles. The lowest BCUT2D eigenvalue weighted by atomic mass is 10.1. The van der Waals surface area contributed by atoms with Crippen molar-refractivity contribution in [2.75, 3.05) is 0 Å². The second-order valence-electron chi connectivity index (χ2n) is 3.87. The van der Waals surface area contributed by atoms with Crippen molar-refractivity contribution >= 4 is 23.1 Å². The number of hydrogen-bond acceptors (Lipinski definition) is 3. The molecule has 1 aromatic rings. The average molecular weight is 243 g/mol. The van der Waals surface area contributed by atoms with Gasteiger partial charge in [0.15, 0.2) is 0 Å². The summed E-state index contributed by atoms with van der Waals surface area (Å²) in [4.78, 5) is 18.6. The molecule has 4 nitrogen and oxygen atoms in total. The molecular formula is C12H9N3OS. The third-order valence-electron chi connectivity index (χ3n) is 2.83. The summed E-state index contributed by atoms with van der Waals surface area (Å²) in [5.41, 5.74) is 1.38. The number of nitrogens with zero attached hydrogens (tertiary/aromatic N) is 2. The Morgan fingerprint density at radius 1 is 1.35 bits per heavy atom. The molecule has 1 aromatic carbocycles. The molecule has 0 radical (unpaired) electrons. The monoisotopic (exact) mass is 243 g/mol.